The Hall–Kier alpha value is -3.26. The molecule has 1 N–H and O–H groups in total. The lowest BCUT2D eigenvalue weighted by molar-refractivity contribution is -0.125. The van der Waals surface area contributed by atoms with Crippen molar-refractivity contribution in [2.24, 2.45) is 0 Å². The highest BCUT2D eigenvalue weighted by atomic mass is 35.5. The first kappa shape index (κ1) is 16.9. The van der Waals surface area contributed by atoms with Crippen LogP contribution < -0.4 is 10.2 Å². The molecule has 0 unspecified atom stereocenters. The molecule has 3 heterocycles. The first-order chi connectivity index (χ1) is 13.6. The van der Waals surface area contributed by atoms with E-state index in [9.17, 15) is 9.59 Å². The van der Waals surface area contributed by atoms with Crippen molar-refractivity contribution in [3.05, 3.63) is 65.7 Å². The van der Waals surface area contributed by atoms with Gasteiger partial charge in [-0.3, -0.25) is 9.78 Å². The first-order valence-electron chi connectivity index (χ1n) is 8.81. The molecule has 1 aliphatic carbocycles. The minimum absolute atomic E-state index is 0.126. The van der Waals surface area contributed by atoms with Gasteiger partial charge in [-0.25, -0.2) is 14.4 Å². The second kappa shape index (κ2) is 6.13. The fourth-order valence-electron chi connectivity index (χ4n) is 4.00. The molecule has 28 heavy (non-hydrogen) atoms. The maximum Gasteiger partial charge on any atom is 0.329 e. The quantitative estimate of drug-likeness (QED) is 0.689. The number of urea groups is 1. The molecule has 2 fully saturated rings. The molecule has 1 aromatic carbocycles. The lowest BCUT2D eigenvalue weighted by atomic mass is 9.65. The number of anilines is 1. The van der Waals surface area contributed by atoms with Gasteiger partial charge in [0, 0.05) is 11.2 Å². The van der Waals surface area contributed by atoms with E-state index < -0.39 is 11.6 Å². The molecule has 2 aromatic heterocycles. The number of halogens is 1. The molecule has 1 aliphatic heterocycles. The van der Waals surface area contributed by atoms with Crippen LogP contribution in [0.4, 0.5) is 10.5 Å². The van der Waals surface area contributed by atoms with Crippen molar-refractivity contribution >= 4 is 29.2 Å². The zero-order valence-corrected chi connectivity index (χ0v) is 15.4. The maximum absolute atomic E-state index is 13.2. The van der Waals surface area contributed by atoms with Crippen molar-refractivity contribution in [1.29, 1.82) is 0 Å². The third-order valence-corrected chi connectivity index (χ3v) is 5.73. The van der Waals surface area contributed by atoms with Crippen molar-refractivity contribution in [3.63, 3.8) is 0 Å². The second-order valence-electron chi connectivity index (χ2n) is 6.99. The minimum Gasteiger partial charge on any atom is -0.323 e. The van der Waals surface area contributed by atoms with Crippen LogP contribution in [0.25, 0.3) is 5.69 Å². The number of benzene rings is 1. The van der Waals surface area contributed by atoms with Crippen molar-refractivity contribution in [2.75, 3.05) is 4.90 Å². The number of carbonyl (C=O) groups is 2. The van der Waals surface area contributed by atoms with E-state index in [0.29, 0.717) is 29.2 Å². The highest BCUT2D eigenvalue weighted by molar-refractivity contribution is 6.31. The number of hydrogen-bond acceptors (Lipinski definition) is 5. The molecule has 1 saturated carbocycles. The van der Waals surface area contributed by atoms with E-state index in [2.05, 4.69) is 20.6 Å². The molecule has 1 spiro atoms. The van der Waals surface area contributed by atoms with E-state index in [-0.39, 0.29) is 11.8 Å². The molecular weight excluding hydrogens is 380 g/mol. The van der Waals surface area contributed by atoms with E-state index >= 15 is 0 Å². The molecule has 0 radical (unpaired) electrons. The van der Waals surface area contributed by atoms with Crippen LogP contribution in [0.1, 0.15) is 24.3 Å². The van der Waals surface area contributed by atoms with Gasteiger partial charge in [0.05, 0.1) is 30.0 Å². The van der Waals surface area contributed by atoms with Crippen LogP contribution >= 0.6 is 11.6 Å². The van der Waals surface area contributed by atoms with E-state index in [4.69, 9.17) is 11.6 Å². The van der Waals surface area contributed by atoms with E-state index in [0.717, 1.165) is 10.5 Å². The fraction of sp³-hybridized carbons (Fsp3) is 0.211. The first-order valence-corrected chi connectivity index (χ1v) is 9.19. The van der Waals surface area contributed by atoms with E-state index in [1.807, 2.05) is 24.3 Å². The van der Waals surface area contributed by atoms with Gasteiger partial charge in [0.25, 0.3) is 5.91 Å². The summed E-state index contributed by atoms with van der Waals surface area (Å²) in [6, 6.07) is 8.82. The second-order valence-corrected chi connectivity index (χ2v) is 7.40. The summed E-state index contributed by atoms with van der Waals surface area (Å²) in [4.78, 5) is 31.2. The van der Waals surface area contributed by atoms with Crippen LogP contribution in [0.2, 0.25) is 5.02 Å². The molecule has 3 amide bonds. The van der Waals surface area contributed by atoms with Gasteiger partial charge < -0.3 is 5.32 Å². The largest absolute Gasteiger partial charge is 0.329 e. The van der Waals surface area contributed by atoms with Gasteiger partial charge in [-0.15, -0.1) is 5.10 Å². The number of nitrogens with one attached hydrogen (secondary N) is 1. The standard InChI is InChI=1S/C19H15ClN6O2/c20-14-4-2-1-3-13(14)12-9-19(10-12)17(27)26(18(28)23-19)16-11-21-6-5-15(16)25-8-7-22-24-25/h1-8,11-12H,9-10H2,(H,23,28). The summed E-state index contributed by atoms with van der Waals surface area (Å²) in [6.07, 6.45) is 7.25. The SMILES string of the molecule is O=C1NC2(CC(c3ccccc3Cl)C2)C(=O)N1c1cnccc1-n1ccnn1. The summed E-state index contributed by atoms with van der Waals surface area (Å²) in [6.45, 7) is 0. The van der Waals surface area contributed by atoms with Crippen molar-refractivity contribution in [1.82, 2.24) is 25.3 Å². The van der Waals surface area contributed by atoms with E-state index in [1.54, 1.807) is 18.5 Å². The Morgan fingerprint density at radius 2 is 1.93 bits per heavy atom. The lowest BCUT2D eigenvalue weighted by Gasteiger charge is -2.43. The summed E-state index contributed by atoms with van der Waals surface area (Å²) in [7, 11) is 0. The predicted octanol–water partition coefficient (Wildman–Crippen LogP) is 2.69. The van der Waals surface area contributed by atoms with Gasteiger partial charge in [-0.05, 0) is 36.5 Å². The van der Waals surface area contributed by atoms with Crippen LogP contribution in [-0.4, -0.2) is 37.5 Å². The zero-order valence-electron chi connectivity index (χ0n) is 14.6. The molecular formula is C19H15ClN6O2. The van der Waals surface area contributed by atoms with Gasteiger partial charge in [0.2, 0.25) is 0 Å². The highest BCUT2D eigenvalue weighted by Gasteiger charge is 2.59. The third-order valence-electron chi connectivity index (χ3n) is 5.38. The number of aromatic nitrogens is 4. The van der Waals surface area contributed by atoms with Crippen LogP contribution in [0.5, 0.6) is 0 Å². The Morgan fingerprint density at radius 3 is 2.68 bits per heavy atom. The van der Waals surface area contributed by atoms with Crippen molar-refractivity contribution in [2.45, 2.75) is 24.3 Å². The topological polar surface area (TPSA) is 93.0 Å². The maximum atomic E-state index is 13.2. The van der Waals surface area contributed by atoms with Gasteiger partial charge in [-0.1, -0.05) is 35.0 Å². The Morgan fingerprint density at radius 1 is 1.11 bits per heavy atom. The van der Waals surface area contributed by atoms with Gasteiger partial charge >= 0.3 is 6.03 Å². The Balaban J connectivity index is 1.45. The number of nitrogens with zero attached hydrogens (tertiary/aromatic N) is 5. The fourth-order valence-corrected chi connectivity index (χ4v) is 4.29. The highest BCUT2D eigenvalue weighted by Crippen LogP contribution is 2.50. The summed E-state index contributed by atoms with van der Waals surface area (Å²) >= 11 is 6.29. The number of rotatable bonds is 3. The molecule has 8 nitrogen and oxygen atoms in total. The number of pyridine rings is 1. The Kier molecular flexibility index (Phi) is 3.70. The van der Waals surface area contributed by atoms with E-state index in [1.165, 1.54) is 17.1 Å². The number of carbonyl (C=O) groups excluding carboxylic acids is 2. The molecule has 140 valence electrons. The number of hydrogen-bond donors (Lipinski definition) is 1. The Labute approximate surface area is 165 Å². The molecule has 5 rings (SSSR count). The smallest absolute Gasteiger partial charge is 0.323 e. The average Bonchev–Trinajstić information content (AvgIpc) is 3.28. The van der Waals surface area contributed by atoms with Crippen LogP contribution in [-0.2, 0) is 4.79 Å². The monoisotopic (exact) mass is 394 g/mol. The van der Waals surface area contributed by atoms with Crippen LogP contribution in [0.15, 0.2) is 55.1 Å². The zero-order chi connectivity index (χ0) is 19.3. The summed E-state index contributed by atoms with van der Waals surface area (Å²) in [5, 5.41) is 11.3. The molecule has 0 atom stereocenters. The Bertz CT molecular complexity index is 1080. The molecule has 3 aromatic rings. The van der Waals surface area contributed by atoms with Crippen molar-refractivity contribution < 1.29 is 9.59 Å². The normalized spacial score (nSPS) is 23.8. The molecule has 2 aliphatic rings. The summed E-state index contributed by atoms with van der Waals surface area (Å²) in [5.41, 5.74) is 1.01. The van der Waals surface area contributed by atoms with Gasteiger partial charge in [0.15, 0.2) is 0 Å². The number of imide groups is 1. The molecule has 1 saturated heterocycles. The van der Waals surface area contributed by atoms with Crippen molar-refractivity contribution in [3.8, 4) is 5.69 Å². The third kappa shape index (κ3) is 2.41. The minimum atomic E-state index is -0.906. The average molecular weight is 395 g/mol. The summed E-state index contributed by atoms with van der Waals surface area (Å²) < 4.78 is 1.50. The van der Waals surface area contributed by atoms with Gasteiger partial charge in [0.1, 0.15) is 5.54 Å². The molecule has 0 bridgehead atoms. The molecule has 9 heteroatoms. The predicted molar refractivity (Wildman–Crippen MR) is 101 cm³/mol. The van der Waals surface area contributed by atoms with Gasteiger partial charge in [-0.2, -0.15) is 0 Å². The van der Waals surface area contributed by atoms with Crippen LogP contribution in [0, 0.1) is 0 Å². The van der Waals surface area contributed by atoms with Crippen LogP contribution in [0.3, 0.4) is 0 Å². The lowest BCUT2D eigenvalue weighted by Crippen LogP contribution is -2.56. The summed E-state index contributed by atoms with van der Waals surface area (Å²) in [5.74, 6) is -0.156. The number of amides is 3.